The topological polar surface area (TPSA) is 45.4 Å². The molecule has 0 saturated carbocycles. The molecule has 2 N–H and O–H groups in total. The lowest BCUT2D eigenvalue weighted by Crippen LogP contribution is -2.38. The molecule has 0 aliphatic carbocycles. The van der Waals surface area contributed by atoms with Crippen molar-refractivity contribution in [1.82, 2.24) is 0 Å². The molecule has 7 heteroatoms. The number of aromatic nitrogens is 1. The van der Waals surface area contributed by atoms with Crippen LogP contribution in [0.3, 0.4) is 0 Å². The van der Waals surface area contributed by atoms with Crippen LogP contribution in [0.1, 0.15) is 22.3 Å². The van der Waals surface area contributed by atoms with Crippen LogP contribution in [0.15, 0.2) is 67.0 Å². The van der Waals surface area contributed by atoms with Gasteiger partial charge in [0.1, 0.15) is 5.75 Å². The van der Waals surface area contributed by atoms with E-state index in [0.717, 1.165) is 22.4 Å². The van der Waals surface area contributed by atoms with E-state index in [-0.39, 0.29) is 11.5 Å². The lowest BCUT2D eigenvalue weighted by Gasteiger charge is -2.12. The number of pyridine rings is 1. The van der Waals surface area contributed by atoms with Crippen molar-refractivity contribution in [3.05, 3.63) is 89.2 Å². The molecule has 0 fully saturated rings. The molecular weight excluding hydrogens is 418 g/mol. The average molecular weight is 442 g/mol. The summed E-state index contributed by atoms with van der Waals surface area (Å²) >= 11 is 5.65. The van der Waals surface area contributed by atoms with Crippen molar-refractivity contribution in [2.75, 3.05) is 5.32 Å². The molecule has 2 aromatic carbocycles. The molecule has 0 atom stereocenters. The summed E-state index contributed by atoms with van der Waals surface area (Å²) in [5.74, 6) is -0.0895. The van der Waals surface area contributed by atoms with Crippen molar-refractivity contribution in [2.45, 2.75) is 27.4 Å². The van der Waals surface area contributed by atoms with Crippen molar-refractivity contribution in [3.63, 3.8) is 0 Å². The summed E-state index contributed by atoms with van der Waals surface area (Å²) in [6, 6.07) is 15.5. The fourth-order valence-electron chi connectivity index (χ4n) is 3.25. The third-order valence-corrected chi connectivity index (χ3v) is 4.77. The van der Waals surface area contributed by atoms with Gasteiger partial charge in [-0.25, -0.2) is 0 Å². The number of nitrogens with zero attached hydrogens (tertiary/aromatic N) is 1. The van der Waals surface area contributed by atoms with Crippen LogP contribution >= 0.6 is 12.2 Å². The number of alkyl halides is 2. The summed E-state index contributed by atoms with van der Waals surface area (Å²) in [4.78, 5) is 0.311. The Morgan fingerprint density at radius 1 is 1.00 bits per heavy atom. The number of aryl methyl sites for hydroxylation is 3. The highest BCUT2D eigenvalue weighted by atomic mass is 32.1. The Kier molecular flexibility index (Phi) is 6.97. The number of anilines is 1. The first kappa shape index (κ1) is 22.4. The molecular formula is C24H23F2N2O2S+. The van der Waals surface area contributed by atoms with Crippen molar-refractivity contribution in [1.29, 1.82) is 0 Å². The van der Waals surface area contributed by atoms with Crippen LogP contribution in [0, 0.1) is 20.8 Å². The van der Waals surface area contributed by atoms with Gasteiger partial charge < -0.3 is 15.2 Å². The van der Waals surface area contributed by atoms with Gasteiger partial charge in [0.15, 0.2) is 23.1 Å². The van der Waals surface area contributed by atoms with Gasteiger partial charge in [-0.15, -0.1) is 0 Å². The van der Waals surface area contributed by atoms with E-state index >= 15 is 0 Å². The van der Waals surface area contributed by atoms with Gasteiger partial charge in [0.2, 0.25) is 0 Å². The lowest BCUT2D eigenvalue weighted by atomic mass is 10.1. The Labute approximate surface area is 185 Å². The first-order valence-electron chi connectivity index (χ1n) is 9.59. The van der Waals surface area contributed by atoms with Crippen molar-refractivity contribution in [2.24, 2.45) is 0 Å². The molecule has 160 valence electrons. The van der Waals surface area contributed by atoms with E-state index in [1.165, 1.54) is 24.3 Å². The van der Waals surface area contributed by atoms with Gasteiger partial charge in [0.05, 0.1) is 0 Å². The number of aliphatic hydroxyl groups is 1. The van der Waals surface area contributed by atoms with Crippen LogP contribution in [-0.2, 0) is 0 Å². The van der Waals surface area contributed by atoms with Crippen LogP contribution in [0.4, 0.5) is 14.5 Å². The third-order valence-electron chi connectivity index (χ3n) is 4.48. The van der Waals surface area contributed by atoms with Crippen LogP contribution in [0.5, 0.6) is 5.75 Å². The maximum atomic E-state index is 12.4. The highest BCUT2D eigenvalue weighted by Gasteiger charge is 2.24. The smallest absolute Gasteiger partial charge is 0.387 e. The molecule has 3 rings (SSSR count). The zero-order valence-electron chi connectivity index (χ0n) is 17.4. The van der Waals surface area contributed by atoms with Crippen LogP contribution < -0.4 is 14.6 Å². The molecule has 1 aromatic heterocycles. The summed E-state index contributed by atoms with van der Waals surface area (Å²) in [7, 11) is 0. The van der Waals surface area contributed by atoms with Crippen molar-refractivity contribution < 1.29 is 23.2 Å². The Bertz CT molecular complexity index is 1110. The van der Waals surface area contributed by atoms with E-state index in [9.17, 15) is 13.9 Å². The van der Waals surface area contributed by atoms with Crippen LogP contribution in [-0.4, -0.2) is 16.7 Å². The maximum Gasteiger partial charge on any atom is 0.387 e. The average Bonchev–Trinajstić information content (AvgIpc) is 2.67. The quantitative estimate of drug-likeness (QED) is 0.219. The molecule has 0 amide bonds. The lowest BCUT2D eigenvalue weighted by molar-refractivity contribution is -0.576. The van der Waals surface area contributed by atoms with Crippen LogP contribution in [0.2, 0.25) is 0 Å². The number of rotatable bonds is 6. The van der Waals surface area contributed by atoms with Gasteiger partial charge in [0, 0.05) is 22.9 Å². The van der Waals surface area contributed by atoms with Crippen LogP contribution in [0.25, 0.3) is 11.5 Å². The molecule has 0 spiro atoms. The molecule has 3 aromatic rings. The van der Waals surface area contributed by atoms with E-state index in [1.807, 2.05) is 51.2 Å². The monoisotopic (exact) mass is 441 g/mol. The second kappa shape index (κ2) is 9.66. The molecule has 1 heterocycles. The Morgan fingerprint density at radius 2 is 1.65 bits per heavy atom. The number of ether oxygens (including phenoxy) is 1. The van der Waals surface area contributed by atoms with Gasteiger partial charge >= 0.3 is 6.61 Å². The largest absolute Gasteiger partial charge is 0.502 e. The minimum absolute atomic E-state index is 0.00671. The number of aliphatic hydroxyl groups excluding tert-OH is 1. The highest BCUT2D eigenvalue weighted by Crippen LogP contribution is 2.23. The van der Waals surface area contributed by atoms with Gasteiger partial charge in [0.25, 0.3) is 5.70 Å². The van der Waals surface area contributed by atoms with Gasteiger partial charge in [-0.2, -0.15) is 13.3 Å². The maximum absolute atomic E-state index is 12.4. The summed E-state index contributed by atoms with van der Waals surface area (Å²) in [5, 5.41) is 14.3. The molecule has 4 nitrogen and oxygen atoms in total. The summed E-state index contributed by atoms with van der Waals surface area (Å²) in [6.07, 6.45) is 3.62. The van der Waals surface area contributed by atoms with E-state index in [2.05, 4.69) is 16.1 Å². The molecule has 31 heavy (non-hydrogen) atoms. The van der Waals surface area contributed by atoms with Crippen molar-refractivity contribution >= 4 is 34.3 Å². The van der Waals surface area contributed by atoms with E-state index < -0.39 is 6.61 Å². The zero-order valence-corrected chi connectivity index (χ0v) is 18.2. The molecule has 0 radical (unpaired) electrons. The number of hydrogen-bond acceptors (Lipinski definition) is 3. The van der Waals surface area contributed by atoms with Gasteiger partial charge in [-0.3, -0.25) is 0 Å². The summed E-state index contributed by atoms with van der Waals surface area (Å²) < 4.78 is 31.0. The second-order valence-corrected chi connectivity index (χ2v) is 7.63. The van der Waals surface area contributed by atoms with Gasteiger partial charge in [-0.05, 0) is 74.4 Å². The number of hydrogen-bond donors (Lipinski definition) is 2. The van der Waals surface area contributed by atoms with Gasteiger partial charge in [-0.1, -0.05) is 18.3 Å². The molecule has 0 aliphatic rings. The molecule has 0 unspecified atom stereocenters. The summed E-state index contributed by atoms with van der Waals surface area (Å²) in [5.41, 5.74) is 4.72. The minimum atomic E-state index is -2.91. The number of halogens is 2. The first-order valence-corrected chi connectivity index (χ1v) is 10.00. The van der Waals surface area contributed by atoms with E-state index in [0.29, 0.717) is 16.2 Å². The summed E-state index contributed by atoms with van der Waals surface area (Å²) in [6.45, 7) is 3.01. The zero-order chi connectivity index (χ0) is 22.5. The Hall–Kier alpha value is -3.32. The molecule has 0 saturated heterocycles. The number of thiocarbonyl (C=S) groups is 1. The van der Waals surface area contributed by atoms with Crippen molar-refractivity contribution in [3.8, 4) is 5.75 Å². The SMILES string of the molecule is Cc1cc(C)cc(NC(=S)/C(=C(\O)c2ccc(OC(F)F)cc2)[n+]2cccc(C)c2)c1. The fourth-order valence-corrected chi connectivity index (χ4v) is 3.57. The second-order valence-electron chi connectivity index (χ2n) is 7.22. The normalized spacial score (nSPS) is 11.8. The highest BCUT2D eigenvalue weighted by molar-refractivity contribution is 7.81. The van der Waals surface area contributed by atoms with E-state index in [1.54, 1.807) is 10.8 Å². The first-order chi connectivity index (χ1) is 14.7. The standard InChI is InChI=1S/C24H22F2N2O2S/c1-15-5-4-10-28(14-15)21(23(31)27-19-12-16(2)11-17(3)13-19)22(29)18-6-8-20(9-7-18)30-24(25)26/h4-14,24H,1-3H3,(H-,27,29,31)/p+1. The Balaban J connectivity index is 2.04. The number of nitrogens with one attached hydrogen (secondary N) is 1. The predicted octanol–water partition coefficient (Wildman–Crippen LogP) is 5.82. The van der Waals surface area contributed by atoms with E-state index in [4.69, 9.17) is 12.2 Å². The fraction of sp³-hybridized carbons (Fsp3) is 0.167. The molecule has 0 aliphatic heterocycles. The predicted molar refractivity (Wildman–Crippen MR) is 122 cm³/mol. The number of benzene rings is 2. The third kappa shape index (κ3) is 5.86. The Morgan fingerprint density at radius 3 is 2.23 bits per heavy atom. The molecule has 0 bridgehead atoms. The minimum Gasteiger partial charge on any atom is -0.502 e.